The van der Waals surface area contributed by atoms with Crippen LogP contribution in [0.5, 0.6) is 11.5 Å². The first kappa shape index (κ1) is 18.6. The lowest BCUT2D eigenvalue weighted by Gasteiger charge is -2.01. The van der Waals surface area contributed by atoms with E-state index < -0.39 is 28.0 Å². The van der Waals surface area contributed by atoms with Crippen molar-refractivity contribution in [2.24, 2.45) is 5.10 Å². The molecule has 0 saturated heterocycles. The Kier molecular flexibility index (Phi) is 5.52. The fraction of sp³-hybridized carbons (Fsp3) is 0.0625. The highest BCUT2D eigenvalue weighted by molar-refractivity contribution is 8.01. The van der Waals surface area contributed by atoms with Crippen LogP contribution >= 0.6 is 23.1 Å². The standard InChI is InChI=1S/C16H12N4O5S2/c21-12-6-13(22)11(20(24)25)5-9(12)7-17-19-15(23)8-26-16-18-10-3-1-2-4-14(10)27-16/h1-7,21-22H,8H2,(H,19,23)/b17-7-. The maximum atomic E-state index is 11.9. The molecular formula is C16H12N4O5S2. The minimum Gasteiger partial charge on any atom is -0.507 e. The molecule has 1 amide bonds. The predicted molar refractivity (Wildman–Crippen MR) is 103 cm³/mol. The molecule has 138 valence electrons. The number of phenolic OH excluding ortho intramolecular Hbond substituents is 2. The molecule has 11 heteroatoms. The molecule has 3 N–H and O–H groups in total. The molecule has 3 rings (SSSR count). The molecule has 0 spiro atoms. The molecule has 0 fully saturated rings. The van der Waals surface area contributed by atoms with Gasteiger partial charge in [-0.05, 0) is 12.1 Å². The van der Waals surface area contributed by atoms with Crippen LogP contribution < -0.4 is 5.43 Å². The van der Waals surface area contributed by atoms with Crippen molar-refractivity contribution < 1.29 is 19.9 Å². The molecule has 0 atom stereocenters. The molecule has 0 aliphatic heterocycles. The number of carbonyl (C=O) groups is 1. The third-order valence-electron chi connectivity index (χ3n) is 3.31. The van der Waals surface area contributed by atoms with Crippen LogP contribution in [0.1, 0.15) is 5.56 Å². The van der Waals surface area contributed by atoms with Crippen molar-refractivity contribution in [2.45, 2.75) is 4.34 Å². The van der Waals surface area contributed by atoms with E-state index in [4.69, 9.17) is 0 Å². The van der Waals surface area contributed by atoms with Gasteiger partial charge in [0.15, 0.2) is 10.1 Å². The zero-order chi connectivity index (χ0) is 19.4. The summed E-state index contributed by atoms with van der Waals surface area (Å²) in [7, 11) is 0. The summed E-state index contributed by atoms with van der Waals surface area (Å²) >= 11 is 2.74. The SMILES string of the molecule is O=C(CSc1nc2ccccc2s1)N/N=C\c1cc([N+](=O)[O-])c(O)cc1O. The number of nitro benzene ring substituents is 1. The number of aromatic hydroxyl groups is 2. The minimum atomic E-state index is -0.792. The van der Waals surface area contributed by atoms with E-state index in [0.717, 1.165) is 32.9 Å². The first-order chi connectivity index (χ1) is 12.9. The quantitative estimate of drug-likeness (QED) is 0.248. The third kappa shape index (κ3) is 4.51. The van der Waals surface area contributed by atoms with Crippen LogP contribution in [-0.2, 0) is 4.79 Å². The summed E-state index contributed by atoms with van der Waals surface area (Å²) in [6, 6.07) is 9.44. The van der Waals surface area contributed by atoms with E-state index in [1.54, 1.807) is 0 Å². The molecule has 0 radical (unpaired) electrons. The lowest BCUT2D eigenvalue weighted by molar-refractivity contribution is -0.385. The van der Waals surface area contributed by atoms with Crippen molar-refractivity contribution in [3.8, 4) is 11.5 Å². The third-order valence-corrected chi connectivity index (χ3v) is 5.49. The fourth-order valence-electron chi connectivity index (χ4n) is 2.08. The monoisotopic (exact) mass is 404 g/mol. The zero-order valence-corrected chi connectivity index (χ0v) is 15.2. The van der Waals surface area contributed by atoms with E-state index in [2.05, 4.69) is 15.5 Å². The number of hydrogen-bond donors (Lipinski definition) is 3. The molecule has 0 aliphatic carbocycles. The van der Waals surface area contributed by atoms with Gasteiger partial charge in [-0.15, -0.1) is 11.3 Å². The Bertz CT molecular complexity index is 1020. The maximum absolute atomic E-state index is 11.9. The number of carbonyl (C=O) groups excluding carboxylic acids is 1. The Hall–Kier alpha value is -3.18. The molecule has 0 unspecified atom stereocenters. The Labute approximate surface area is 160 Å². The highest BCUT2D eigenvalue weighted by Crippen LogP contribution is 2.32. The zero-order valence-electron chi connectivity index (χ0n) is 13.5. The van der Waals surface area contributed by atoms with Gasteiger partial charge in [0.05, 0.1) is 27.1 Å². The number of fused-ring (bicyclic) bond motifs is 1. The van der Waals surface area contributed by atoms with Crippen molar-refractivity contribution in [2.75, 3.05) is 5.75 Å². The van der Waals surface area contributed by atoms with E-state index in [0.29, 0.717) is 0 Å². The number of thiazole rings is 1. The molecule has 3 aromatic rings. The largest absolute Gasteiger partial charge is 0.507 e. The fourth-order valence-corrected chi connectivity index (χ4v) is 3.94. The van der Waals surface area contributed by atoms with E-state index in [-0.39, 0.29) is 11.3 Å². The Balaban J connectivity index is 1.58. The Morgan fingerprint density at radius 3 is 2.85 bits per heavy atom. The van der Waals surface area contributed by atoms with E-state index >= 15 is 0 Å². The number of para-hydroxylation sites is 1. The lowest BCUT2D eigenvalue weighted by atomic mass is 10.2. The van der Waals surface area contributed by atoms with E-state index in [9.17, 15) is 25.1 Å². The minimum absolute atomic E-state index is 0.0152. The first-order valence-corrected chi connectivity index (χ1v) is 9.25. The molecule has 2 aromatic carbocycles. The summed E-state index contributed by atoms with van der Waals surface area (Å²) in [5.41, 5.74) is 2.55. The van der Waals surface area contributed by atoms with Crippen LogP contribution in [0.15, 0.2) is 45.8 Å². The highest BCUT2D eigenvalue weighted by atomic mass is 32.2. The Morgan fingerprint density at radius 1 is 1.33 bits per heavy atom. The number of hydrogen-bond acceptors (Lipinski definition) is 9. The molecule has 0 bridgehead atoms. The van der Waals surface area contributed by atoms with Gasteiger partial charge in [-0.25, -0.2) is 10.4 Å². The molecular weight excluding hydrogens is 392 g/mol. The van der Waals surface area contributed by atoms with Crippen LogP contribution in [0.25, 0.3) is 10.2 Å². The summed E-state index contributed by atoms with van der Waals surface area (Å²) in [4.78, 5) is 26.3. The Morgan fingerprint density at radius 2 is 2.11 bits per heavy atom. The van der Waals surface area contributed by atoms with Gasteiger partial charge in [0.25, 0.3) is 5.91 Å². The van der Waals surface area contributed by atoms with Gasteiger partial charge < -0.3 is 10.2 Å². The average molecular weight is 404 g/mol. The number of aromatic nitrogens is 1. The van der Waals surface area contributed by atoms with Crippen molar-refractivity contribution in [1.82, 2.24) is 10.4 Å². The van der Waals surface area contributed by atoms with Gasteiger partial charge in [0.1, 0.15) is 5.75 Å². The second kappa shape index (κ2) is 8.01. The number of thioether (sulfide) groups is 1. The molecule has 1 heterocycles. The normalized spacial score (nSPS) is 11.1. The summed E-state index contributed by atoms with van der Waals surface area (Å²) < 4.78 is 1.78. The van der Waals surface area contributed by atoms with Crippen LogP contribution in [0.3, 0.4) is 0 Å². The smallest absolute Gasteiger partial charge is 0.311 e. The second-order valence-electron chi connectivity index (χ2n) is 5.19. The van der Waals surface area contributed by atoms with Crippen LogP contribution in [0.4, 0.5) is 5.69 Å². The van der Waals surface area contributed by atoms with Crippen molar-refractivity contribution >= 4 is 51.1 Å². The number of amides is 1. The average Bonchev–Trinajstić information content (AvgIpc) is 3.04. The van der Waals surface area contributed by atoms with Crippen molar-refractivity contribution in [3.05, 3.63) is 52.1 Å². The van der Waals surface area contributed by atoms with Gasteiger partial charge >= 0.3 is 5.69 Å². The summed E-state index contributed by atoms with van der Waals surface area (Å²) in [5, 5.41) is 33.6. The molecule has 0 aliphatic rings. The summed E-state index contributed by atoms with van der Waals surface area (Å²) in [6.07, 6.45) is 1.06. The molecule has 0 saturated carbocycles. The number of nitrogens with one attached hydrogen (secondary N) is 1. The highest BCUT2D eigenvalue weighted by Gasteiger charge is 2.16. The van der Waals surface area contributed by atoms with Gasteiger partial charge in [0.2, 0.25) is 0 Å². The number of benzene rings is 2. The van der Waals surface area contributed by atoms with Gasteiger partial charge in [0, 0.05) is 17.7 Å². The summed E-state index contributed by atoms with van der Waals surface area (Å²) in [5.74, 6) is -1.38. The maximum Gasteiger partial charge on any atom is 0.311 e. The van der Waals surface area contributed by atoms with Gasteiger partial charge in [-0.1, -0.05) is 23.9 Å². The number of nitro groups is 1. The lowest BCUT2D eigenvalue weighted by Crippen LogP contribution is -2.19. The van der Waals surface area contributed by atoms with Crippen LogP contribution in [0, 0.1) is 10.1 Å². The van der Waals surface area contributed by atoms with Crippen LogP contribution in [0.2, 0.25) is 0 Å². The summed E-state index contributed by atoms with van der Waals surface area (Å²) in [6.45, 7) is 0. The van der Waals surface area contributed by atoms with E-state index in [1.165, 1.54) is 23.1 Å². The number of rotatable bonds is 6. The van der Waals surface area contributed by atoms with Gasteiger partial charge in [-0.3, -0.25) is 14.9 Å². The second-order valence-corrected chi connectivity index (χ2v) is 7.44. The van der Waals surface area contributed by atoms with Crippen molar-refractivity contribution in [1.29, 1.82) is 0 Å². The molecule has 9 nitrogen and oxygen atoms in total. The molecule has 27 heavy (non-hydrogen) atoms. The predicted octanol–water partition coefficient (Wildman–Crippen LogP) is 2.86. The van der Waals surface area contributed by atoms with Gasteiger partial charge in [-0.2, -0.15) is 5.10 Å². The van der Waals surface area contributed by atoms with E-state index in [1.807, 2.05) is 24.3 Å². The first-order valence-electron chi connectivity index (χ1n) is 7.44. The molecule has 1 aromatic heterocycles. The topological polar surface area (TPSA) is 138 Å². The number of nitrogens with zero attached hydrogens (tertiary/aromatic N) is 3. The number of hydrazone groups is 1. The number of phenols is 2. The van der Waals surface area contributed by atoms with Crippen molar-refractivity contribution in [3.63, 3.8) is 0 Å². The van der Waals surface area contributed by atoms with Crippen LogP contribution in [-0.4, -0.2) is 38.0 Å².